The van der Waals surface area contributed by atoms with E-state index in [1.165, 1.54) is 12.1 Å². The van der Waals surface area contributed by atoms with Crippen LogP contribution in [0.5, 0.6) is 0 Å². The highest BCUT2D eigenvalue weighted by Gasteiger charge is 2.28. The molecule has 1 aliphatic heterocycles. The Morgan fingerprint density at radius 3 is 2.33 bits per heavy atom. The average molecular weight is 369 g/mol. The average Bonchev–Trinajstić information content (AvgIpc) is 2.99. The first-order chi connectivity index (χ1) is 12.9. The Morgan fingerprint density at radius 2 is 1.78 bits per heavy atom. The number of carbonyl (C=O) groups is 3. The lowest BCUT2D eigenvalue weighted by atomic mass is 10.1. The van der Waals surface area contributed by atoms with Crippen LogP contribution in [0.3, 0.4) is 0 Å². The molecule has 0 radical (unpaired) electrons. The molecule has 0 spiro atoms. The summed E-state index contributed by atoms with van der Waals surface area (Å²) >= 11 is 0. The summed E-state index contributed by atoms with van der Waals surface area (Å²) in [7, 11) is 1.69. The summed E-state index contributed by atoms with van der Waals surface area (Å²) in [6.07, 6.45) is 0. The van der Waals surface area contributed by atoms with E-state index in [0.717, 1.165) is 16.0 Å². The van der Waals surface area contributed by atoms with Crippen LogP contribution in [0.1, 0.15) is 34.5 Å². The molecule has 1 atom stereocenters. The SMILES string of the molecule is C[C@@H](c1ccc(F)cc1)N(C)C(=O)c1ccc(CN2C(=O)CNC2=O)cc1. The Bertz CT molecular complexity index is 849. The molecular weight excluding hydrogens is 349 g/mol. The Morgan fingerprint density at radius 1 is 1.15 bits per heavy atom. The third-order valence-corrected chi connectivity index (χ3v) is 4.73. The lowest BCUT2D eigenvalue weighted by molar-refractivity contribution is -0.125. The van der Waals surface area contributed by atoms with Crippen LogP contribution in [0, 0.1) is 5.82 Å². The third-order valence-electron chi connectivity index (χ3n) is 4.73. The van der Waals surface area contributed by atoms with Crippen LogP contribution in [-0.2, 0) is 11.3 Å². The minimum absolute atomic E-state index is 0.0153. The van der Waals surface area contributed by atoms with Gasteiger partial charge in [-0.05, 0) is 42.3 Å². The largest absolute Gasteiger partial charge is 0.335 e. The second-order valence-corrected chi connectivity index (χ2v) is 6.48. The minimum atomic E-state index is -0.409. The number of hydrogen-bond acceptors (Lipinski definition) is 3. The van der Waals surface area contributed by atoms with Gasteiger partial charge < -0.3 is 10.2 Å². The molecular formula is C20H20FN3O3. The second-order valence-electron chi connectivity index (χ2n) is 6.48. The van der Waals surface area contributed by atoms with Crippen molar-refractivity contribution in [2.45, 2.75) is 19.5 Å². The normalized spacial score (nSPS) is 14.9. The highest BCUT2D eigenvalue weighted by atomic mass is 19.1. The highest BCUT2D eigenvalue weighted by molar-refractivity contribution is 6.01. The zero-order chi connectivity index (χ0) is 19.6. The molecule has 0 bridgehead atoms. The molecule has 0 aromatic heterocycles. The molecule has 2 aromatic rings. The number of urea groups is 1. The van der Waals surface area contributed by atoms with Gasteiger partial charge in [-0.3, -0.25) is 14.5 Å². The molecule has 140 valence electrons. The number of nitrogens with one attached hydrogen (secondary N) is 1. The lowest BCUT2D eigenvalue weighted by Crippen LogP contribution is -2.30. The maximum absolute atomic E-state index is 13.1. The number of hydrogen-bond donors (Lipinski definition) is 1. The first kappa shape index (κ1) is 18.6. The van der Waals surface area contributed by atoms with Crippen molar-refractivity contribution >= 4 is 17.8 Å². The zero-order valence-corrected chi connectivity index (χ0v) is 15.1. The molecule has 1 N–H and O–H groups in total. The first-order valence-electron chi connectivity index (χ1n) is 8.56. The van der Waals surface area contributed by atoms with Gasteiger partial charge in [-0.2, -0.15) is 0 Å². The van der Waals surface area contributed by atoms with Crippen LogP contribution >= 0.6 is 0 Å². The van der Waals surface area contributed by atoms with Gasteiger partial charge in [0.25, 0.3) is 5.91 Å². The molecule has 4 amide bonds. The molecule has 1 saturated heterocycles. The number of amides is 4. The fourth-order valence-corrected chi connectivity index (χ4v) is 2.90. The maximum Gasteiger partial charge on any atom is 0.324 e. The van der Waals surface area contributed by atoms with E-state index in [4.69, 9.17) is 0 Å². The fraction of sp³-hybridized carbons (Fsp3) is 0.250. The van der Waals surface area contributed by atoms with Gasteiger partial charge in [-0.25, -0.2) is 9.18 Å². The summed E-state index contributed by atoms with van der Waals surface area (Å²) in [5.74, 6) is -0.762. The summed E-state index contributed by atoms with van der Waals surface area (Å²) < 4.78 is 13.1. The quantitative estimate of drug-likeness (QED) is 0.824. The highest BCUT2D eigenvalue weighted by Crippen LogP contribution is 2.21. The Hall–Kier alpha value is -3.22. The standard InChI is InChI=1S/C20H20FN3O3/c1-13(15-7-9-17(21)10-8-15)23(2)19(26)16-5-3-14(4-6-16)12-24-18(25)11-22-20(24)27/h3-10,13H,11-12H2,1-2H3,(H,22,27)/t13-/m0/s1. The van der Waals surface area contributed by atoms with Crippen molar-refractivity contribution in [1.82, 2.24) is 15.1 Å². The van der Waals surface area contributed by atoms with Gasteiger partial charge in [0.05, 0.1) is 19.1 Å². The van der Waals surface area contributed by atoms with Crippen LogP contribution in [0.4, 0.5) is 9.18 Å². The van der Waals surface area contributed by atoms with Gasteiger partial charge in [-0.1, -0.05) is 24.3 Å². The maximum atomic E-state index is 13.1. The van der Waals surface area contributed by atoms with Crippen LogP contribution in [0.25, 0.3) is 0 Å². The smallest absolute Gasteiger partial charge is 0.324 e. The predicted octanol–water partition coefficient (Wildman–Crippen LogP) is 2.71. The van der Waals surface area contributed by atoms with E-state index in [1.54, 1.807) is 48.3 Å². The van der Waals surface area contributed by atoms with Crippen LogP contribution in [-0.4, -0.2) is 41.2 Å². The summed E-state index contributed by atoms with van der Waals surface area (Å²) in [6, 6.07) is 12.2. The van der Waals surface area contributed by atoms with Gasteiger partial charge in [-0.15, -0.1) is 0 Å². The number of nitrogens with zero attached hydrogens (tertiary/aromatic N) is 2. The van der Waals surface area contributed by atoms with Crippen molar-refractivity contribution in [2.24, 2.45) is 0 Å². The zero-order valence-electron chi connectivity index (χ0n) is 15.1. The van der Waals surface area contributed by atoms with Crippen LogP contribution in [0.2, 0.25) is 0 Å². The van der Waals surface area contributed by atoms with E-state index in [-0.39, 0.29) is 36.8 Å². The Kier molecular flexibility index (Phi) is 5.21. The van der Waals surface area contributed by atoms with E-state index in [1.807, 2.05) is 6.92 Å². The van der Waals surface area contributed by atoms with Gasteiger partial charge in [0.2, 0.25) is 5.91 Å². The number of carbonyl (C=O) groups excluding carboxylic acids is 3. The molecule has 0 unspecified atom stereocenters. The molecule has 0 saturated carbocycles. The van der Waals surface area contributed by atoms with Crippen molar-refractivity contribution in [3.8, 4) is 0 Å². The number of benzene rings is 2. The van der Waals surface area contributed by atoms with Crippen LogP contribution < -0.4 is 5.32 Å². The molecule has 1 aliphatic rings. The molecule has 1 fully saturated rings. The molecule has 27 heavy (non-hydrogen) atoms. The fourth-order valence-electron chi connectivity index (χ4n) is 2.90. The summed E-state index contributed by atoms with van der Waals surface area (Å²) in [6.45, 7) is 2.06. The van der Waals surface area contributed by atoms with E-state index < -0.39 is 6.03 Å². The molecule has 7 heteroatoms. The van der Waals surface area contributed by atoms with Gasteiger partial charge >= 0.3 is 6.03 Å². The van der Waals surface area contributed by atoms with Crippen molar-refractivity contribution in [2.75, 3.05) is 13.6 Å². The molecule has 1 heterocycles. The Balaban J connectivity index is 1.68. The number of imide groups is 1. The topological polar surface area (TPSA) is 69.7 Å². The van der Waals surface area contributed by atoms with Gasteiger partial charge in [0.15, 0.2) is 0 Å². The third kappa shape index (κ3) is 3.97. The monoisotopic (exact) mass is 369 g/mol. The summed E-state index contributed by atoms with van der Waals surface area (Å²) in [5.41, 5.74) is 2.08. The lowest BCUT2D eigenvalue weighted by Gasteiger charge is -2.25. The van der Waals surface area contributed by atoms with Crippen molar-refractivity contribution < 1.29 is 18.8 Å². The minimum Gasteiger partial charge on any atom is -0.335 e. The second kappa shape index (κ2) is 7.57. The van der Waals surface area contributed by atoms with Gasteiger partial charge in [0, 0.05) is 12.6 Å². The van der Waals surface area contributed by atoms with Crippen molar-refractivity contribution in [3.63, 3.8) is 0 Å². The van der Waals surface area contributed by atoms with Gasteiger partial charge in [0.1, 0.15) is 5.82 Å². The van der Waals surface area contributed by atoms with E-state index in [0.29, 0.717) is 5.56 Å². The first-order valence-corrected chi connectivity index (χ1v) is 8.56. The number of halogens is 1. The molecule has 0 aliphatic carbocycles. The van der Waals surface area contributed by atoms with Crippen molar-refractivity contribution in [3.05, 3.63) is 71.0 Å². The van der Waals surface area contributed by atoms with E-state index in [9.17, 15) is 18.8 Å². The molecule has 2 aromatic carbocycles. The van der Waals surface area contributed by atoms with Crippen molar-refractivity contribution in [1.29, 1.82) is 0 Å². The van der Waals surface area contributed by atoms with Crippen LogP contribution in [0.15, 0.2) is 48.5 Å². The summed E-state index contributed by atoms with van der Waals surface area (Å²) in [4.78, 5) is 38.7. The molecule has 6 nitrogen and oxygen atoms in total. The van der Waals surface area contributed by atoms with E-state index >= 15 is 0 Å². The van der Waals surface area contributed by atoms with E-state index in [2.05, 4.69) is 5.32 Å². The Labute approximate surface area is 156 Å². The molecule has 3 rings (SSSR count). The summed E-state index contributed by atoms with van der Waals surface area (Å²) in [5, 5.41) is 2.47. The predicted molar refractivity (Wildman–Crippen MR) is 97.3 cm³/mol. The number of rotatable bonds is 5.